The van der Waals surface area contributed by atoms with Gasteiger partial charge in [0.25, 0.3) is 5.91 Å². The van der Waals surface area contributed by atoms with E-state index in [0.29, 0.717) is 24.4 Å². The highest BCUT2D eigenvalue weighted by atomic mass is 16.3. The van der Waals surface area contributed by atoms with Crippen LogP contribution in [0.3, 0.4) is 0 Å². The molecular weight excluding hydrogens is 386 g/mol. The maximum Gasteiger partial charge on any atom is 0.287 e. The summed E-state index contributed by atoms with van der Waals surface area (Å²) in [7, 11) is 0. The lowest BCUT2D eigenvalue weighted by Gasteiger charge is -2.04. The number of fused-ring (bicyclic) bond motifs is 1. The van der Waals surface area contributed by atoms with Crippen molar-refractivity contribution in [2.45, 2.75) is 13.1 Å². The zero-order chi connectivity index (χ0) is 21.0. The molecule has 2 aromatic heterocycles. The van der Waals surface area contributed by atoms with Gasteiger partial charge in [-0.1, -0.05) is 78.9 Å². The Labute approximate surface area is 179 Å². The van der Waals surface area contributed by atoms with Crippen molar-refractivity contribution in [3.63, 3.8) is 0 Å². The molecule has 0 bridgehead atoms. The standard InChI is InChI=1S/C26H21N3O2/c30-26(24-15-21-13-7-8-14-23(21)31-24)27-16-22-18-29(17-19-9-3-1-4-10-19)28-25(22)20-11-5-2-6-12-20/h1-15,18H,16-17H2,(H,27,30). The molecule has 0 spiro atoms. The Morgan fingerprint density at radius 1 is 0.903 bits per heavy atom. The Morgan fingerprint density at radius 2 is 1.61 bits per heavy atom. The third kappa shape index (κ3) is 4.12. The molecule has 0 aliphatic heterocycles. The van der Waals surface area contributed by atoms with Gasteiger partial charge in [-0.2, -0.15) is 5.10 Å². The van der Waals surface area contributed by atoms with E-state index in [2.05, 4.69) is 17.4 Å². The third-order valence-electron chi connectivity index (χ3n) is 5.16. The minimum atomic E-state index is -0.244. The predicted molar refractivity (Wildman–Crippen MR) is 121 cm³/mol. The van der Waals surface area contributed by atoms with Crippen molar-refractivity contribution in [3.05, 3.63) is 114 Å². The molecule has 1 amide bonds. The minimum Gasteiger partial charge on any atom is -0.451 e. The fraction of sp³-hybridized carbons (Fsp3) is 0.0769. The van der Waals surface area contributed by atoms with Crippen LogP contribution in [0.5, 0.6) is 0 Å². The normalized spacial score (nSPS) is 11.0. The predicted octanol–water partition coefficient (Wildman–Crippen LogP) is 5.27. The van der Waals surface area contributed by atoms with E-state index in [0.717, 1.165) is 22.2 Å². The van der Waals surface area contributed by atoms with Gasteiger partial charge in [0, 0.05) is 29.3 Å². The topological polar surface area (TPSA) is 60.1 Å². The lowest BCUT2D eigenvalue weighted by Crippen LogP contribution is -2.22. The molecule has 2 heterocycles. The molecule has 0 radical (unpaired) electrons. The number of nitrogens with zero attached hydrogens (tertiary/aromatic N) is 2. The summed E-state index contributed by atoms with van der Waals surface area (Å²) in [4.78, 5) is 12.7. The maximum atomic E-state index is 12.7. The Morgan fingerprint density at radius 3 is 2.39 bits per heavy atom. The van der Waals surface area contributed by atoms with Gasteiger partial charge < -0.3 is 9.73 Å². The summed E-state index contributed by atoms with van der Waals surface area (Å²) in [6.45, 7) is 1.02. The van der Waals surface area contributed by atoms with Gasteiger partial charge in [-0.25, -0.2) is 0 Å². The first-order valence-electron chi connectivity index (χ1n) is 10.2. The van der Waals surface area contributed by atoms with Gasteiger partial charge in [0.2, 0.25) is 0 Å². The second-order valence-corrected chi connectivity index (χ2v) is 7.38. The van der Waals surface area contributed by atoms with Crippen LogP contribution >= 0.6 is 0 Å². The van der Waals surface area contributed by atoms with Gasteiger partial charge in [-0.05, 0) is 17.7 Å². The van der Waals surface area contributed by atoms with E-state index in [-0.39, 0.29) is 5.91 Å². The summed E-state index contributed by atoms with van der Waals surface area (Å²) < 4.78 is 7.60. The minimum absolute atomic E-state index is 0.244. The first-order chi connectivity index (χ1) is 15.3. The van der Waals surface area contributed by atoms with Crippen molar-refractivity contribution >= 4 is 16.9 Å². The largest absolute Gasteiger partial charge is 0.451 e. The number of aromatic nitrogens is 2. The number of carbonyl (C=O) groups is 1. The molecule has 1 N–H and O–H groups in total. The molecule has 31 heavy (non-hydrogen) atoms. The number of rotatable bonds is 6. The molecule has 0 aliphatic carbocycles. The van der Waals surface area contributed by atoms with Crippen molar-refractivity contribution in [2.75, 3.05) is 0 Å². The number of benzene rings is 3. The number of furan rings is 1. The molecule has 152 valence electrons. The molecule has 0 atom stereocenters. The molecule has 0 saturated carbocycles. The van der Waals surface area contributed by atoms with E-state index in [9.17, 15) is 4.79 Å². The van der Waals surface area contributed by atoms with Crippen molar-refractivity contribution in [1.29, 1.82) is 0 Å². The Hall–Kier alpha value is -4.12. The SMILES string of the molecule is O=C(NCc1cn(Cc2ccccc2)nc1-c1ccccc1)c1cc2ccccc2o1. The van der Waals surface area contributed by atoms with Gasteiger partial charge in [0.15, 0.2) is 5.76 Å². The fourth-order valence-corrected chi connectivity index (χ4v) is 3.64. The first kappa shape index (κ1) is 18.9. The zero-order valence-electron chi connectivity index (χ0n) is 16.9. The van der Waals surface area contributed by atoms with Crippen molar-refractivity contribution < 1.29 is 9.21 Å². The Bertz CT molecular complexity index is 1290. The number of hydrogen-bond donors (Lipinski definition) is 1. The lowest BCUT2D eigenvalue weighted by molar-refractivity contribution is 0.0925. The van der Waals surface area contributed by atoms with Gasteiger partial charge in [-0.15, -0.1) is 0 Å². The van der Waals surface area contributed by atoms with E-state index in [1.807, 2.05) is 83.7 Å². The third-order valence-corrected chi connectivity index (χ3v) is 5.16. The summed E-state index contributed by atoms with van der Waals surface area (Å²) in [6.07, 6.45) is 1.99. The van der Waals surface area contributed by atoms with Gasteiger partial charge in [0.05, 0.1) is 12.2 Å². The van der Waals surface area contributed by atoms with Gasteiger partial charge in [-0.3, -0.25) is 9.48 Å². The van der Waals surface area contributed by atoms with E-state index in [1.165, 1.54) is 5.56 Å². The highest BCUT2D eigenvalue weighted by Gasteiger charge is 2.15. The summed E-state index contributed by atoms with van der Waals surface area (Å²) in [6, 6.07) is 29.6. The summed E-state index contributed by atoms with van der Waals surface area (Å²) in [5.41, 5.74) is 4.70. The number of nitrogens with one attached hydrogen (secondary N) is 1. The average Bonchev–Trinajstić information content (AvgIpc) is 3.43. The number of hydrogen-bond acceptors (Lipinski definition) is 3. The molecule has 5 nitrogen and oxygen atoms in total. The van der Waals surface area contributed by atoms with E-state index in [4.69, 9.17) is 9.52 Å². The lowest BCUT2D eigenvalue weighted by atomic mass is 10.1. The van der Waals surface area contributed by atoms with E-state index < -0.39 is 0 Å². The van der Waals surface area contributed by atoms with Crippen LogP contribution in [0.4, 0.5) is 0 Å². The van der Waals surface area contributed by atoms with Crippen molar-refractivity contribution in [2.24, 2.45) is 0 Å². The molecule has 0 fully saturated rings. The van der Waals surface area contributed by atoms with Crippen molar-refractivity contribution in [3.8, 4) is 11.3 Å². The molecule has 5 aromatic rings. The van der Waals surface area contributed by atoms with Crippen LogP contribution in [0.2, 0.25) is 0 Å². The number of carbonyl (C=O) groups excluding carboxylic acids is 1. The van der Waals surface area contributed by atoms with Crippen LogP contribution in [0.15, 0.2) is 102 Å². The van der Waals surface area contributed by atoms with Crippen LogP contribution in [0.25, 0.3) is 22.2 Å². The quantitative estimate of drug-likeness (QED) is 0.417. The first-order valence-corrected chi connectivity index (χ1v) is 10.2. The van der Waals surface area contributed by atoms with Crippen LogP contribution in [-0.4, -0.2) is 15.7 Å². The maximum absolute atomic E-state index is 12.7. The summed E-state index contributed by atoms with van der Waals surface area (Å²) >= 11 is 0. The molecule has 5 heteroatoms. The molecule has 0 aliphatic rings. The monoisotopic (exact) mass is 407 g/mol. The highest BCUT2D eigenvalue weighted by molar-refractivity contribution is 5.96. The van der Waals surface area contributed by atoms with Gasteiger partial charge >= 0.3 is 0 Å². The fourth-order valence-electron chi connectivity index (χ4n) is 3.64. The second kappa shape index (κ2) is 8.32. The van der Waals surface area contributed by atoms with E-state index in [1.54, 1.807) is 6.07 Å². The van der Waals surface area contributed by atoms with Crippen LogP contribution in [0, 0.1) is 0 Å². The molecule has 0 unspecified atom stereocenters. The van der Waals surface area contributed by atoms with E-state index >= 15 is 0 Å². The second-order valence-electron chi connectivity index (χ2n) is 7.38. The molecule has 0 saturated heterocycles. The highest BCUT2D eigenvalue weighted by Crippen LogP contribution is 2.23. The average molecular weight is 407 g/mol. The molecule has 5 rings (SSSR count). The van der Waals surface area contributed by atoms with Crippen LogP contribution < -0.4 is 5.32 Å². The van der Waals surface area contributed by atoms with Crippen molar-refractivity contribution in [1.82, 2.24) is 15.1 Å². The Kier molecular flexibility index (Phi) is 5.07. The summed E-state index contributed by atoms with van der Waals surface area (Å²) in [5.74, 6) is 0.0603. The molecular formula is C26H21N3O2. The van der Waals surface area contributed by atoms with Crippen LogP contribution in [0.1, 0.15) is 21.7 Å². The van der Waals surface area contributed by atoms with Gasteiger partial charge in [0.1, 0.15) is 5.58 Å². The summed E-state index contributed by atoms with van der Waals surface area (Å²) in [5, 5.41) is 8.69. The number of para-hydroxylation sites is 1. The smallest absolute Gasteiger partial charge is 0.287 e. The van der Waals surface area contributed by atoms with Crippen LogP contribution in [-0.2, 0) is 13.1 Å². The number of amides is 1. The zero-order valence-corrected chi connectivity index (χ0v) is 16.9. The Balaban J connectivity index is 1.39. The molecule has 3 aromatic carbocycles.